The van der Waals surface area contributed by atoms with Gasteiger partial charge in [-0.15, -0.1) is 0 Å². The number of fused-ring (bicyclic) bond motifs is 1. The SMILES string of the molecule is Cc1ccc(C(NN)c2ccc3ncccc3c2)cc1Cl. The lowest BCUT2D eigenvalue weighted by Crippen LogP contribution is -2.28. The fourth-order valence-corrected chi connectivity index (χ4v) is 2.64. The molecule has 0 aliphatic rings. The summed E-state index contributed by atoms with van der Waals surface area (Å²) in [4.78, 5) is 4.33. The Morgan fingerprint density at radius 1 is 1.10 bits per heavy atom. The maximum atomic E-state index is 6.22. The van der Waals surface area contributed by atoms with Gasteiger partial charge < -0.3 is 0 Å². The third kappa shape index (κ3) is 2.76. The molecule has 0 amide bonds. The fourth-order valence-electron chi connectivity index (χ4n) is 2.45. The zero-order valence-corrected chi connectivity index (χ0v) is 12.4. The molecule has 1 aromatic heterocycles. The number of halogens is 1. The fraction of sp³-hybridized carbons (Fsp3) is 0.118. The van der Waals surface area contributed by atoms with Gasteiger partial charge in [-0.1, -0.05) is 35.9 Å². The van der Waals surface area contributed by atoms with Crippen molar-refractivity contribution >= 4 is 22.5 Å². The van der Waals surface area contributed by atoms with Gasteiger partial charge in [-0.3, -0.25) is 10.8 Å². The van der Waals surface area contributed by atoms with Crippen LogP contribution in [-0.2, 0) is 0 Å². The third-order valence-electron chi connectivity index (χ3n) is 3.66. The Kier molecular flexibility index (Phi) is 3.88. The summed E-state index contributed by atoms with van der Waals surface area (Å²) in [6, 6.07) is 16.0. The Morgan fingerprint density at radius 3 is 2.62 bits per heavy atom. The number of benzene rings is 2. The van der Waals surface area contributed by atoms with E-state index in [9.17, 15) is 0 Å². The van der Waals surface area contributed by atoms with Crippen molar-refractivity contribution in [2.24, 2.45) is 5.84 Å². The van der Waals surface area contributed by atoms with Gasteiger partial charge in [0.05, 0.1) is 11.6 Å². The first-order valence-corrected chi connectivity index (χ1v) is 7.13. The van der Waals surface area contributed by atoms with Crippen LogP contribution in [0, 0.1) is 6.92 Å². The van der Waals surface area contributed by atoms with E-state index in [1.165, 1.54) is 0 Å². The molecule has 0 spiro atoms. The van der Waals surface area contributed by atoms with Crippen molar-refractivity contribution in [2.75, 3.05) is 0 Å². The summed E-state index contributed by atoms with van der Waals surface area (Å²) in [6.07, 6.45) is 1.79. The summed E-state index contributed by atoms with van der Waals surface area (Å²) < 4.78 is 0. The van der Waals surface area contributed by atoms with Crippen molar-refractivity contribution in [3.63, 3.8) is 0 Å². The minimum atomic E-state index is -0.104. The maximum Gasteiger partial charge on any atom is 0.0710 e. The van der Waals surface area contributed by atoms with E-state index < -0.39 is 0 Å². The average molecular weight is 298 g/mol. The topological polar surface area (TPSA) is 50.9 Å². The molecule has 0 aliphatic heterocycles. The number of pyridine rings is 1. The second-order valence-electron chi connectivity index (χ2n) is 5.06. The molecular weight excluding hydrogens is 282 g/mol. The largest absolute Gasteiger partial charge is 0.271 e. The van der Waals surface area contributed by atoms with Crippen LogP contribution in [0.15, 0.2) is 54.7 Å². The summed E-state index contributed by atoms with van der Waals surface area (Å²) in [5.41, 5.74) is 7.01. The molecule has 4 heteroatoms. The molecule has 0 aliphatic carbocycles. The van der Waals surface area contributed by atoms with Crippen LogP contribution in [0.4, 0.5) is 0 Å². The normalized spacial score (nSPS) is 12.5. The van der Waals surface area contributed by atoms with Crippen molar-refractivity contribution in [3.8, 4) is 0 Å². The minimum Gasteiger partial charge on any atom is -0.271 e. The monoisotopic (exact) mass is 297 g/mol. The standard InChI is InChI=1S/C17H16ClN3/c1-11-4-5-14(10-15(11)18)17(21-19)13-6-7-16-12(9-13)3-2-8-20-16/h2-10,17,21H,19H2,1H3. The molecule has 3 N–H and O–H groups in total. The Labute approximate surface area is 128 Å². The zero-order chi connectivity index (χ0) is 14.8. The minimum absolute atomic E-state index is 0.104. The molecule has 0 saturated heterocycles. The van der Waals surface area contributed by atoms with Gasteiger partial charge in [0, 0.05) is 16.6 Å². The van der Waals surface area contributed by atoms with Crippen LogP contribution in [0.1, 0.15) is 22.7 Å². The number of nitrogens with two attached hydrogens (primary N) is 1. The van der Waals surface area contributed by atoms with Gasteiger partial charge in [0.2, 0.25) is 0 Å². The van der Waals surface area contributed by atoms with Crippen LogP contribution < -0.4 is 11.3 Å². The van der Waals surface area contributed by atoms with Crippen molar-refractivity contribution in [1.82, 2.24) is 10.4 Å². The van der Waals surface area contributed by atoms with Crippen LogP contribution in [-0.4, -0.2) is 4.98 Å². The number of nitrogens with zero attached hydrogens (tertiary/aromatic N) is 1. The highest BCUT2D eigenvalue weighted by Gasteiger charge is 2.14. The highest BCUT2D eigenvalue weighted by atomic mass is 35.5. The predicted octanol–water partition coefficient (Wildman–Crippen LogP) is 3.75. The molecule has 21 heavy (non-hydrogen) atoms. The van der Waals surface area contributed by atoms with E-state index in [1.807, 2.05) is 49.4 Å². The first-order valence-electron chi connectivity index (χ1n) is 6.76. The Hall–Kier alpha value is -1.94. The summed E-state index contributed by atoms with van der Waals surface area (Å²) in [7, 11) is 0. The van der Waals surface area contributed by atoms with Gasteiger partial charge in [-0.05, 0) is 47.9 Å². The number of hydrogen-bond donors (Lipinski definition) is 2. The van der Waals surface area contributed by atoms with Crippen molar-refractivity contribution in [1.29, 1.82) is 0 Å². The van der Waals surface area contributed by atoms with Crippen LogP contribution in [0.5, 0.6) is 0 Å². The number of nitrogens with one attached hydrogen (secondary N) is 1. The van der Waals surface area contributed by atoms with Crippen molar-refractivity contribution in [3.05, 3.63) is 76.4 Å². The van der Waals surface area contributed by atoms with E-state index >= 15 is 0 Å². The first-order chi connectivity index (χ1) is 10.2. The average Bonchev–Trinajstić information content (AvgIpc) is 2.51. The number of aryl methyl sites for hydroxylation is 1. The predicted molar refractivity (Wildman–Crippen MR) is 87.1 cm³/mol. The molecule has 1 atom stereocenters. The molecule has 106 valence electrons. The lowest BCUT2D eigenvalue weighted by Gasteiger charge is -2.18. The third-order valence-corrected chi connectivity index (χ3v) is 4.06. The van der Waals surface area contributed by atoms with Crippen LogP contribution in [0.25, 0.3) is 10.9 Å². The quantitative estimate of drug-likeness (QED) is 0.572. The smallest absolute Gasteiger partial charge is 0.0710 e. The summed E-state index contributed by atoms with van der Waals surface area (Å²) in [6.45, 7) is 1.98. The molecule has 0 bridgehead atoms. The van der Waals surface area contributed by atoms with Crippen molar-refractivity contribution in [2.45, 2.75) is 13.0 Å². The van der Waals surface area contributed by atoms with E-state index in [0.29, 0.717) is 0 Å². The van der Waals surface area contributed by atoms with E-state index in [4.69, 9.17) is 17.4 Å². The molecule has 1 heterocycles. The molecule has 0 radical (unpaired) electrons. The van der Waals surface area contributed by atoms with Crippen molar-refractivity contribution < 1.29 is 0 Å². The number of hydrazine groups is 1. The maximum absolute atomic E-state index is 6.22. The lowest BCUT2D eigenvalue weighted by molar-refractivity contribution is 0.637. The van der Waals surface area contributed by atoms with E-state index in [-0.39, 0.29) is 6.04 Å². The van der Waals surface area contributed by atoms with Gasteiger partial charge in [0.15, 0.2) is 0 Å². The molecule has 1 unspecified atom stereocenters. The molecule has 3 aromatic rings. The number of rotatable bonds is 3. The summed E-state index contributed by atoms with van der Waals surface area (Å²) in [5.74, 6) is 5.76. The second kappa shape index (κ2) is 5.82. The van der Waals surface area contributed by atoms with E-state index in [0.717, 1.165) is 32.6 Å². The van der Waals surface area contributed by atoms with Gasteiger partial charge in [0.1, 0.15) is 0 Å². The molecule has 0 fully saturated rings. The van der Waals surface area contributed by atoms with Gasteiger partial charge in [0.25, 0.3) is 0 Å². The molecule has 3 nitrogen and oxygen atoms in total. The lowest BCUT2D eigenvalue weighted by atomic mass is 9.97. The van der Waals surface area contributed by atoms with E-state index in [1.54, 1.807) is 6.20 Å². The molecule has 2 aromatic carbocycles. The summed E-state index contributed by atoms with van der Waals surface area (Å²) in [5, 5.41) is 1.84. The molecule has 3 rings (SSSR count). The van der Waals surface area contributed by atoms with E-state index in [2.05, 4.69) is 16.5 Å². The van der Waals surface area contributed by atoms with Gasteiger partial charge >= 0.3 is 0 Å². The molecule has 0 saturated carbocycles. The van der Waals surface area contributed by atoms with Crippen LogP contribution >= 0.6 is 11.6 Å². The second-order valence-corrected chi connectivity index (χ2v) is 5.47. The Balaban J connectivity index is 2.06. The van der Waals surface area contributed by atoms with Gasteiger partial charge in [-0.25, -0.2) is 5.43 Å². The van der Waals surface area contributed by atoms with Gasteiger partial charge in [-0.2, -0.15) is 0 Å². The zero-order valence-electron chi connectivity index (χ0n) is 11.7. The Bertz CT molecular complexity index is 786. The number of aromatic nitrogens is 1. The first kappa shape index (κ1) is 14.0. The Morgan fingerprint density at radius 2 is 1.86 bits per heavy atom. The number of hydrogen-bond acceptors (Lipinski definition) is 3. The molecular formula is C17H16ClN3. The van der Waals surface area contributed by atoms with Crippen LogP contribution in [0.2, 0.25) is 5.02 Å². The van der Waals surface area contributed by atoms with Crippen LogP contribution in [0.3, 0.4) is 0 Å². The summed E-state index contributed by atoms with van der Waals surface area (Å²) >= 11 is 6.22. The highest BCUT2D eigenvalue weighted by molar-refractivity contribution is 6.31. The highest BCUT2D eigenvalue weighted by Crippen LogP contribution is 2.27.